The first kappa shape index (κ1) is 15.6. The Labute approximate surface area is 141 Å². The maximum atomic E-state index is 5.88. The van der Waals surface area contributed by atoms with Crippen molar-refractivity contribution in [2.75, 3.05) is 6.54 Å². The van der Waals surface area contributed by atoms with Crippen molar-refractivity contribution >= 4 is 15.9 Å². The highest BCUT2D eigenvalue weighted by atomic mass is 79.9. The molecule has 1 saturated heterocycles. The van der Waals surface area contributed by atoms with Gasteiger partial charge in [0.15, 0.2) is 0 Å². The second-order valence-corrected chi connectivity index (χ2v) is 6.84. The van der Waals surface area contributed by atoms with Gasteiger partial charge in [-0.25, -0.2) is 0 Å². The second-order valence-electron chi connectivity index (χ2n) is 5.99. The number of ether oxygens (including phenoxy) is 1. The van der Waals surface area contributed by atoms with Gasteiger partial charge < -0.3 is 4.74 Å². The van der Waals surface area contributed by atoms with Crippen LogP contribution in [0.5, 0.6) is 5.75 Å². The van der Waals surface area contributed by atoms with Gasteiger partial charge in [0.05, 0.1) is 0 Å². The lowest BCUT2D eigenvalue weighted by molar-refractivity contribution is 0.259. The van der Waals surface area contributed by atoms with Crippen LogP contribution in [0.3, 0.4) is 0 Å². The van der Waals surface area contributed by atoms with Crippen LogP contribution in [0, 0.1) is 0 Å². The first-order valence-electron chi connectivity index (χ1n) is 7.91. The van der Waals surface area contributed by atoms with E-state index >= 15 is 0 Å². The van der Waals surface area contributed by atoms with E-state index < -0.39 is 0 Å². The van der Waals surface area contributed by atoms with Crippen LogP contribution in [0.4, 0.5) is 0 Å². The Kier molecular flexibility index (Phi) is 5.16. The minimum atomic E-state index is 0.607. The average molecular weight is 360 g/mol. The van der Waals surface area contributed by atoms with Gasteiger partial charge in [0.25, 0.3) is 0 Å². The second kappa shape index (κ2) is 7.30. The molecule has 2 aromatic carbocycles. The minimum Gasteiger partial charge on any atom is -0.489 e. The first-order chi connectivity index (χ1) is 10.7. The summed E-state index contributed by atoms with van der Waals surface area (Å²) in [5.74, 6) is 0.911. The van der Waals surface area contributed by atoms with Crippen LogP contribution >= 0.6 is 15.9 Å². The Morgan fingerprint density at radius 3 is 2.68 bits per heavy atom. The molecule has 1 fully saturated rings. The number of halogens is 1. The van der Waals surface area contributed by atoms with Crippen molar-refractivity contribution in [3.05, 3.63) is 64.1 Å². The summed E-state index contributed by atoms with van der Waals surface area (Å²) < 4.78 is 7.01. The lowest BCUT2D eigenvalue weighted by atomic mass is 10.2. The predicted octanol–water partition coefficient (Wildman–Crippen LogP) is 5.01. The Morgan fingerprint density at radius 1 is 1.18 bits per heavy atom. The van der Waals surface area contributed by atoms with Crippen LogP contribution in [-0.2, 0) is 13.2 Å². The van der Waals surface area contributed by atoms with E-state index in [4.69, 9.17) is 4.74 Å². The van der Waals surface area contributed by atoms with Crippen molar-refractivity contribution in [3.8, 4) is 5.75 Å². The molecule has 0 amide bonds. The summed E-state index contributed by atoms with van der Waals surface area (Å²) in [6.45, 7) is 5.15. The van der Waals surface area contributed by atoms with Crippen LogP contribution in [-0.4, -0.2) is 17.5 Å². The summed E-state index contributed by atoms with van der Waals surface area (Å²) in [6.07, 6.45) is 2.63. The molecule has 0 aromatic heterocycles. The van der Waals surface area contributed by atoms with E-state index in [0.717, 1.165) is 16.8 Å². The summed E-state index contributed by atoms with van der Waals surface area (Å²) in [4.78, 5) is 2.55. The number of nitrogens with zero attached hydrogens (tertiary/aromatic N) is 1. The fourth-order valence-electron chi connectivity index (χ4n) is 2.93. The molecule has 1 atom stereocenters. The summed E-state index contributed by atoms with van der Waals surface area (Å²) >= 11 is 3.69. The highest BCUT2D eigenvalue weighted by Gasteiger charge is 2.20. The standard InChI is InChI=1S/C19H22BrNO/c1-15-6-5-11-21(15)13-17-9-10-18(12-19(17)20)22-14-16-7-3-2-4-8-16/h2-4,7-10,12,15H,5-6,11,13-14H2,1H3/t15-/m0/s1. The molecule has 0 spiro atoms. The zero-order valence-electron chi connectivity index (χ0n) is 13.0. The normalized spacial score (nSPS) is 18.5. The largest absolute Gasteiger partial charge is 0.489 e. The third kappa shape index (κ3) is 3.90. The first-order valence-corrected chi connectivity index (χ1v) is 8.71. The Balaban J connectivity index is 1.62. The molecule has 0 N–H and O–H groups in total. The molecule has 2 nitrogen and oxygen atoms in total. The molecule has 0 unspecified atom stereocenters. The van der Waals surface area contributed by atoms with Crippen LogP contribution < -0.4 is 4.74 Å². The highest BCUT2D eigenvalue weighted by molar-refractivity contribution is 9.10. The molecule has 1 aliphatic rings. The minimum absolute atomic E-state index is 0.607. The van der Waals surface area contributed by atoms with E-state index in [0.29, 0.717) is 12.6 Å². The van der Waals surface area contributed by atoms with E-state index in [1.165, 1.54) is 30.5 Å². The van der Waals surface area contributed by atoms with Gasteiger partial charge in [-0.2, -0.15) is 0 Å². The highest BCUT2D eigenvalue weighted by Crippen LogP contribution is 2.27. The number of likely N-dealkylation sites (tertiary alicyclic amines) is 1. The van der Waals surface area contributed by atoms with Crippen LogP contribution in [0.2, 0.25) is 0 Å². The van der Waals surface area contributed by atoms with Crippen LogP contribution in [0.1, 0.15) is 30.9 Å². The van der Waals surface area contributed by atoms with E-state index in [1.807, 2.05) is 18.2 Å². The van der Waals surface area contributed by atoms with Gasteiger partial charge in [-0.3, -0.25) is 4.90 Å². The smallest absolute Gasteiger partial charge is 0.120 e. The summed E-state index contributed by atoms with van der Waals surface area (Å²) in [6, 6.07) is 17.3. The molecule has 1 aliphatic heterocycles. The van der Waals surface area contributed by atoms with E-state index in [-0.39, 0.29) is 0 Å². The van der Waals surface area contributed by atoms with Crippen molar-refractivity contribution in [2.24, 2.45) is 0 Å². The number of rotatable bonds is 5. The fourth-order valence-corrected chi connectivity index (χ4v) is 3.42. The Hall–Kier alpha value is -1.32. The van der Waals surface area contributed by atoms with E-state index in [2.05, 4.69) is 58.1 Å². The molecule has 3 heteroatoms. The van der Waals surface area contributed by atoms with Gasteiger partial charge in [-0.1, -0.05) is 52.3 Å². The lowest BCUT2D eigenvalue weighted by Crippen LogP contribution is -2.26. The number of benzene rings is 2. The molecule has 116 valence electrons. The molecule has 0 bridgehead atoms. The topological polar surface area (TPSA) is 12.5 Å². The van der Waals surface area contributed by atoms with Gasteiger partial charge >= 0.3 is 0 Å². The van der Waals surface area contributed by atoms with Crippen molar-refractivity contribution in [1.82, 2.24) is 4.90 Å². The molecule has 1 heterocycles. The molecule has 0 radical (unpaired) electrons. The fraction of sp³-hybridized carbons (Fsp3) is 0.368. The SMILES string of the molecule is C[C@H]1CCCN1Cc1ccc(OCc2ccccc2)cc1Br. The van der Waals surface area contributed by atoms with Crippen LogP contribution in [0.25, 0.3) is 0 Å². The van der Waals surface area contributed by atoms with Gasteiger partial charge in [0.2, 0.25) is 0 Å². The maximum Gasteiger partial charge on any atom is 0.120 e. The lowest BCUT2D eigenvalue weighted by Gasteiger charge is -2.21. The average Bonchev–Trinajstić information content (AvgIpc) is 2.94. The van der Waals surface area contributed by atoms with Gasteiger partial charge in [-0.05, 0) is 49.6 Å². The van der Waals surface area contributed by atoms with Gasteiger partial charge in [-0.15, -0.1) is 0 Å². The Bertz CT molecular complexity index is 614. The molecule has 0 saturated carbocycles. The quantitative estimate of drug-likeness (QED) is 0.743. The number of hydrogen-bond acceptors (Lipinski definition) is 2. The van der Waals surface area contributed by atoms with Gasteiger partial charge in [0.1, 0.15) is 12.4 Å². The third-order valence-corrected chi connectivity index (χ3v) is 5.08. The van der Waals surface area contributed by atoms with Crippen molar-refractivity contribution in [1.29, 1.82) is 0 Å². The van der Waals surface area contributed by atoms with E-state index in [9.17, 15) is 0 Å². The number of hydrogen-bond donors (Lipinski definition) is 0. The monoisotopic (exact) mass is 359 g/mol. The summed E-state index contributed by atoms with van der Waals surface area (Å²) in [7, 11) is 0. The zero-order valence-corrected chi connectivity index (χ0v) is 14.6. The third-order valence-electron chi connectivity index (χ3n) is 4.34. The van der Waals surface area contributed by atoms with Crippen molar-refractivity contribution in [3.63, 3.8) is 0 Å². The molecule has 2 aromatic rings. The molecule has 3 rings (SSSR count). The van der Waals surface area contributed by atoms with Gasteiger partial charge in [0, 0.05) is 17.1 Å². The summed E-state index contributed by atoms with van der Waals surface area (Å²) in [5, 5.41) is 0. The molecule has 0 aliphatic carbocycles. The van der Waals surface area contributed by atoms with Crippen molar-refractivity contribution < 1.29 is 4.74 Å². The zero-order chi connectivity index (χ0) is 15.4. The Morgan fingerprint density at radius 2 is 2.00 bits per heavy atom. The predicted molar refractivity (Wildman–Crippen MR) is 94.0 cm³/mol. The van der Waals surface area contributed by atoms with Crippen molar-refractivity contribution in [2.45, 2.75) is 39.0 Å². The van der Waals surface area contributed by atoms with E-state index in [1.54, 1.807) is 0 Å². The van der Waals surface area contributed by atoms with Crippen LogP contribution in [0.15, 0.2) is 53.0 Å². The molecular formula is C19H22BrNO. The molecular weight excluding hydrogens is 338 g/mol. The summed E-state index contributed by atoms with van der Waals surface area (Å²) in [5.41, 5.74) is 2.52. The maximum absolute atomic E-state index is 5.88. The molecule has 22 heavy (non-hydrogen) atoms.